The van der Waals surface area contributed by atoms with Crippen LogP contribution in [0.4, 0.5) is 0 Å². The average Bonchev–Trinajstić information content (AvgIpc) is 2.82. The molecule has 0 spiro atoms. The summed E-state index contributed by atoms with van der Waals surface area (Å²) in [7, 11) is -2.42. The van der Waals surface area contributed by atoms with Gasteiger partial charge in [-0.05, 0) is 32.0 Å². The maximum atomic E-state index is 12.3. The SMILES string of the molecule is CCOP1(=O)CCN(CCCN2C(=O)c3ccccc3C2=O)CC1. The number of amides is 2. The Morgan fingerprint density at radius 3 is 2.17 bits per heavy atom. The fourth-order valence-corrected chi connectivity index (χ4v) is 5.42. The minimum absolute atomic E-state index is 0.199. The highest BCUT2D eigenvalue weighted by atomic mass is 31.2. The van der Waals surface area contributed by atoms with Crippen molar-refractivity contribution in [2.45, 2.75) is 13.3 Å². The molecule has 0 saturated carbocycles. The molecule has 2 aliphatic rings. The third kappa shape index (κ3) is 3.46. The molecule has 3 rings (SSSR count). The molecule has 2 amide bonds. The van der Waals surface area contributed by atoms with Gasteiger partial charge in [-0.2, -0.15) is 0 Å². The second-order valence-electron chi connectivity index (χ2n) is 6.18. The van der Waals surface area contributed by atoms with Gasteiger partial charge in [0.05, 0.1) is 17.7 Å². The summed E-state index contributed by atoms with van der Waals surface area (Å²) in [6.07, 6.45) is 1.91. The van der Waals surface area contributed by atoms with Gasteiger partial charge in [0.1, 0.15) is 0 Å². The van der Waals surface area contributed by atoms with Gasteiger partial charge in [-0.3, -0.25) is 19.1 Å². The number of hydrogen-bond acceptors (Lipinski definition) is 5. The summed E-state index contributed by atoms with van der Waals surface area (Å²) in [6.45, 7) is 5.08. The molecule has 2 heterocycles. The van der Waals surface area contributed by atoms with E-state index in [0.717, 1.165) is 26.1 Å². The van der Waals surface area contributed by atoms with E-state index in [0.29, 0.717) is 36.6 Å². The Balaban J connectivity index is 1.48. The van der Waals surface area contributed by atoms with Crippen LogP contribution in [0.15, 0.2) is 24.3 Å². The lowest BCUT2D eigenvalue weighted by Gasteiger charge is -2.31. The standard InChI is InChI=1S/C17H23N2O4P/c1-2-23-24(22)12-10-18(11-13-24)8-5-9-19-16(20)14-6-3-4-7-15(14)17(19)21/h3-4,6-7H,2,5,8-13H2,1H3. The highest BCUT2D eigenvalue weighted by molar-refractivity contribution is 7.59. The molecule has 0 aliphatic carbocycles. The number of benzene rings is 1. The molecule has 1 aromatic carbocycles. The van der Waals surface area contributed by atoms with Crippen molar-refractivity contribution in [2.75, 3.05) is 45.1 Å². The third-order valence-corrected chi connectivity index (χ3v) is 7.10. The van der Waals surface area contributed by atoms with Gasteiger partial charge in [0.2, 0.25) is 7.37 Å². The lowest BCUT2D eigenvalue weighted by Crippen LogP contribution is -2.38. The largest absolute Gasteiger partial charge is 0.329 e. The van der Waals surface area contributed by atoms with Gasteiger partial charge in [0.25, 0.3) is 11.8 Å². The van der Waals surface area contributed by atoms with E-state index in [-0.39, 0.29) is 11.8 Å². The van der Waals surface area contributed by atoms with E-state index < -0.39 is 7.37 Å². The summed E-state index contributed by atoms with van der Waals surface area (Å²) in [4.78, 5) is 28.1. The van der Waals surface area contributed by atoms with Gasteiger partial charge in [0.15, 0.2) is 0 Å². The normalized spacial score (nSPS) is 20.5. The van der Waals surface area contributed by atoms with Gasteiger partial charge in [-0.1, -0.05) is 12.1 Å². The van der Waals surface area contributed by atoms with Crippen molar-refractivity contribution in [1.82, 2.24) is 9.80 Å². The van der Waals surface area contributed by atoms with Gasteiger partial charge < -0.3 is 9.42 Å². The Labute approximate surface area is 142 Å². The number of rotatable bonds is 6. The van der Waals surface area contributed by atoms with Gasteiger partial charge in [-0.25, -0.2) is 0 Å². The van der Waals surface area contributed by atoms with Crippen LogP contribution in [0.3, 0.4) is 0 Å². The maximum absolute atomic E-state index is 12.3. The van der Waals surface area contributed by atoms with E-state index in [1.165, 1.54) is 4.90 Å². The molecule has 0 unspecified atom stereocenters. The van der Waals surface area contributed by atoms with Crippen molar-refractivity contribution in [3.05, 3.63) is 35.4 Å². The summed E-state index contributed by atoms with van der Waals surface area (Å²) in [5.74, 6) is -0.398. The molecule has 0 atom stereocenters. The van der Waals surface area contributed by atoms with Crippen LogP contribution in [-0.4, -0.2) is 66.7 Å². The molecule has 24 heavy (non-hydrogen) atoms. The summed E-state index contributed by atoms with van der Waals surface area (Å²) >= 11 is 0. The third-order valence-electron chi connectivity index (χ3n) is 4.61. The number of carbonyl (C=O) groups is 2. The first-order valence-electron chi connectivity index (χ1n) is 8.44. The van der Waals surface area contributed by atoms with E-state index in [1.54, 1.807) is 24.3 Å². The molecule has 0 bridgehead atoms. The molecule has 1 fully saturated rings. The minimum Gasteiger partial charge on any atom is -0.329 e. The van der Waals surface area contributed by atoms with Crippen LogP contribution in [0.1, 0.15) is 34.1 Å². The van der Waals surface area contributed by atoms with Gasteiger partial charge >= 0.3 is 0 Å². The molecule has 0 aromatic heterocycles. The number of carbonyl (C=O) groups excluding carboxylic acids is 2. The zero-order chi connectivity index (χ0) is 17.2. The smallest absolute Gasteiger partial charge is 0.261 e. The molecular weight excluding hydrogens is 327 g/mol. The predicted octanol–water partition coefficient (Wildman–Crippen LogP) is 2.30. The fraction of sp³-hybridized carbons (Fsp3) is 0.529. The van der Waals surface area contributed by atoms with Crippen LogP contribution in [0, 0.1) is 0 Å². The molecule has 130 valence electrons. The average molecular weight is 350 g/mol. The van der Waals surface area contributed by atoms with Crippen LogP contribution < -0.4 is 0 Å². The van der Waals surface area contributed by atoms with E-state index >= 15 is 0 Å². The monoisotopic (exact) mass is 350 g/mol. The lowest BCUT2D eigenvalue weighted by atomic mass is 10.1. The zero-order valence-corrected chi connectivity index (χ0v) is 14.8. The summed E-state index contributed by atoms with van der Waals surface area (Å²) < 4.78 is 17.7. The molecule has 2 aliphatic heterocycles. The molecule has 6 nitrogen and oxygen atoms in total. The van der Waals surface area contributed by atoms with E-state index in [4.69, 9.17) is 4.52 Å². The van der Waals surface area contributed by atoms with Crippen molar-refractivity contribution in [3.63, 3.8) is 0 Å². The first kappa shape index (κ1) is 17.3. The van der Waals surface area contributed by atoms with Gasteiger partial charge in [0, 0.05) is 32.0 Å². The Bertz CT molecular complexity index is 644. The van der Waals surface area contributed by atoms with Crippen LogP contribution in [-0.2, 0) is 9.09 Å². The number of imide groups is 1. The highest BCUT2D eigenvalue weighted by Crippen LogP contribution is 2.48. The summed E-state index contributed by atoms with van der Waals surface area (Å²) in [5.41, 5.74) is 0.997. The van der Waals surface area contributed by atoms with E-state index in [9.17, 15) is 14.2 Å². The first-order chi connectivity index (χ1) is 11.5. The van der Waals surface area contributed by atoms with Crippen molar-refractivity contribution in [3.8, 4) is 0 Å². The zero-order valence-electron chi connectivity index (χ0n) is 13.9. The van der Waals surface area contributed by atoms with Gasteiger partial charge in [-0.15, -0.1) is 0 Å². The lowest BCUT2D eigenvalue weighted by molar-refractivity contribution is 0.0648. The molecule has 7 heteroatoms. The Morgan fingerprint density at radius 2 is 1.62 bits per heavy atom. The quantitative estimate of drug-likeness (QED) is 0.582. The molecular formula is C17H23N2O4P. The van der Waals surface area contributed by atoms with Crippen LogP contribution in [0.25, 0.3) is 0 Å². The summed E-state index contributed by atoms with van der Waals surface area (Å²) in [5, 5.41) is 0. The van der Waals surface area contributed by atoms with Crippen molar-refractivity contribution < 1.29 is 18.7 Å². The van der Waals surface area contributed by atoms with Crippen molar-refractivity contribution in [1.29, 1.82) is 0 Å². The van der Waals surface area contributed by atoms with Crippen LogP contribution in [0.2, 0.25) is 0 Å². The fourth-order valence-electron chi connectivity index (χ4n) is 3.29. The molecule has 1 saturated heterocycles. The van der Waals surface area contributed by atoms with Crippen LogP contribution >= 0.6 is 7.37 Å². The second kappa shape index (κ2) is 7.18. The molecule has 0 radical (unpaired) electrons. The molecule has 1 aromatic rings. The second-order valence-corrected chi connectivity index (χ2v) is 8.96. The van der Waals surface area contributed by atoms with Crippen LogP contribution in [0.5, 0.6) is 0 Å². The van der Waals surface area contributed by atoms with Crippen molar-refractivity contribution >= 4 is 19.2 Å². The Kier molecular flexibility index (Phi) is 5.18. The first-order valence-corrected chi connectivity index (χ1v) is 10.4. The predicted molar refractivity (Wildman–Crippen MR) is 91.8 cm³/mol. The maximum Gasteiger partial charge on any atom is 0.261 e. The minimum atomic E-state index is -2.42. The topological polar surface area (TPSA) is 66.9 Å². The Morgan fingerprint density at radius 1 is 1.04 bits per heavy atom. The Hall–Kier alpha value is -1.49. The number of fused-ring (bicyclic) bond motifs is 1. The molecule has 0 N–H and O–H groups in total. The number of hydrogen-bond donors (Lipinski definition) is 0. The number of nitrogens with zero attached hydrogens (tertiary/aromatic N) is 2. The van der Waals surface area contributed by atoms with Crippen molar-refractivity contribution in [2.24, 2.45) is 0 Å². The highest BCUT2D eigenvalue weighted by Gasteiger charge is 2.35. The summed E-state index contributed by atoms with van der Waals surface area (Å²) in [6, 6.07) is 6.95. The van der Waals surface area contributed by atoms with E-state index in [1.807, 2.05) is 6.92 Å². The van der Waals surface area contributed by atoms with E-state index in [2.05, 4.69) is 4.90 Å².